The summed E-state index contributed by atoms with van der Waals surface area (Å²) in [6, 6.07) is 27.8. The average Bonchev–Trinajstić information content (AvgIpc) is 3.31. The molecule has 0 aliphatic heterocycles. The first-order chi connectivity index (χ1) is 16.7. The van der Waals surface area contributed by atoms with Gasteiger partial charge in [-0.25, -0.2) is 0 Å². The summed E-state index contributed by atoms with van der Waals surface area (Å²) in [6.07, 6.45) is 1.21. The molecule has 3 aromatic carbocycles. The highest BCUT2D eigenvalue weighted by molar-refractivity contribution is 7.99. The fourth-order valence-corrected chi connectivity index (χ4v) is 4.53. The molecule has 0 radical (unpaired) electrons. The number of thioether (sulfide) groups is 1. The molecule has 1 N–H and O–H groups in total. The summed E-state index contributed by atoms with van der Waals surface area (Å²) in [7, 11) is 1.65. The van der Waals surface area contributed by atoms with Crippen LogP contribution in [0, 0.1) is 0 Å². The Balaban J connectivity index is 1.41. The van der Waals surface area contributed by atoms with Crippen LogP contribution >= 0.6 is 11.8 Å². The van der Waals surface area contributed by atoms with Gasteiger partial charge in [-0.2, -0.15) is 0 Å². The van der Waals surface area contributed by atoms with Crippen LogP contribution in [0.3, 0.4) is 0 Å². The van der Waals surface area contributed by atoms with E-state index in [9.17, 15) is 4.79 Å². The van der Waals surface area contributed by atoms with Crippen molar-refractivity contribution in [1.82, 2.24) is 20.1 Å². The predicted octanol–water partition coefficient (Wildman–Crippen LogP) is 5.69. The number of aromatic nitrogens is 3. The first kappa shape index (κ1) is 23.6. The fourth-order valence-electron chi connectivity index (χ4n) is 3.64. The summed E-state index contributed by atoms with van der Waals surface area (Å²) < 4.78 is 7.36. The Morgan fingerprint density at radius 1 is 0.971 bits per heavy atom. The third-order valence-electron chi connectivity index (χ3n) is 5.45. The number of hydrogen-bond donors (Lipinski definition) is 1. The van der Waals surface area contributed by atoms with Gasteiger partial charge in [0.2, 0.25) is 5.91 Å². The maximum Gasteiger partial charge on any atom is 0.220 e. The number of hydrogen-bond acceptors (Lipinski definition) is 5. The molecule has 1 aromatic heterocycles. The highest BCUT2D eigenvalue weighted by Gasteiger charge is 2.16. The molecule has 0 aliphatic carbocycles. The van der Waals surface area contributed by atoms with E-state index in [2.05, 4.69) is 20.1 Å². The number of benzene rings is 3. The van der Waals surface area contributed by atoms with Crippen molar-refractivity contribution < 1.29 is 9.53 Å². The zero-order chi connectivity index (χ0) is 23.8. The Kier molecular flexibility index (Phi) is 7.99. The van der Waals surface area contributed by atoms with Gasteiger partial charge >= 0.3 is 0 Å². The molecule has 4 rings (SSSR count). The van der Waals surface area contributed by atoms with Crippen molar-refractivity contribution in [2.24, 2.45) is 0 Å². The topological polar surface area (TPSA) is 69.0 Å². The number of ether oxygens (including phenoxy) is 1. The normalized spacial score (nSPS) is 11.7. The van der Waals surface area contributed by atoms with E-state index in [1.807, 2.05) is 91.9 Å². The molecule has 1 atom stereocenters. The van der Waals surface area contributed by atoms with Crippen molar-refractivity contribution in [3.05, 3.63) is 90.5 Å². The monoisotopic (exact) mass is 472 g/mol. The SMILES string of the molecule is COc1ccc(-n2c(SCCCC(=O)NC(C)c3ccccc3)nnc2-c2ccccc2)cc1. The van der Waals surface area contributed by atoms with Gasteiger partial charge in [0.25, 0.3) is 0 Å². The number of amides is 1. The van der Waals surface area contributed by atoms with E-state index < -0.39 is 0 Å². The summed E-state index contributed by atoms with van der Waals surface area (Å²) in [4.78, 5) is 12.4. The van der Waals surface area contributed by atoms with Crippen LogP contribution in [0.5, 0.6) is 5.75 Å². The minimum absolute atomic E-state index is 0.00652. The number of rotatable bonds is 10. The Labute approximate surface area is 204 Å². The second-order valence-corrected chi connectivity index (χ2v) is 8.92. The zero-order valence-electron chi connectivity index (χ0n) is 19.3. The largest absolute Gasteiger partial charge is 0.497 e. The van der Waals surface area contributed by atoms with Crippen molar-refractivity contribution in [3.8, 4) is 22.8 Å². The predicted molar refractivity (Wildman–Crippen MR) is 136 cm³/mol. The van der Waals surface area contributed by atoms with Crippen LogP contribution in [0.2, 0.25) is 0 Å². The molecule has 34 heavy (non-hydrogen) atoms. The quantitative estimate of drug-likeness (QED) is 0.237. The van der Waals surface area contributed by atoms with E-state index in [4.69, 9.17) is 4.74 Å². The first-order valence-corrected chi connectivity index (χ1v) is 12.3. The average molecular weight is 473 g/mol. The molecule has 174 valence electrons. The van der Waals surface area contributed by atoms with Gasteiger partial charge in [0, 0.05) is 23.4 Å². The Bertz CT molecular complexity index is 1190. The molecule has 0 spiro atoms. The smallest absolute Gasteiger partial charge is 0.220 e. The molecule has 1 heterocycles. The molecule has 0 saturated carbocycles. The minimum Gasteiger partial charge on any atom is -0.497 e. The highest BCUT2D eigenvalue weighted by Crippen LogP contribution is 2.29. The number of carbonyl (C=O) groups is 1. The molecule has 1 unspecified atom stereocenters. The molecule has 0 bridgehead atoms. The molecule has 7 heteroatoms. The second-order valence-electron chi connectivity index (χ2n) is 7.86. The highest BCUT2D eigenvalue weighted by atomic mass is 32.2. The Morgan fingerprint density at radius 2 is 1.65 bits per heavy atom. The third kappa shape index (κ3) is 5.85. The lowest BCUT2D eigenvalue weighted by Crippen LogP contribution is -2.26. The maximum absolute atomic E-state index is 12.4. The van der Waals surface area contributed by atoms with Gasteiger partial charge < -0.3 is 10.1 Å². The van der Waals surface area contributed by atoms with Gasteiger partial charge in [0.05, 0.1) is 13.2 Å². The number of nitrogens with zero attached hydrogens (tertiary/aromatic N) is 3. The van der Waals surface area contributed by atoms with Crippen molar-refractivity contribution in [2.75, 3.05) is 12.9 Å². The number of carbonyl (C=O) groups excluding carboxylic acids is 1. The van der Waals surface area contributed by atoms with Crippen LogP contribution in [-0.2, 0) is 4.79 Å². The molecule has 0 saturated heterocycles. The van der Waals surface area contributed by atoms with E-state index in [0.717, 1.165) is 45.7 Å². The van der Waals surface area contributed by atoms with Crippen molar-refractivity contribution >= 4 is 17.7 Å². The van der Waals surface area contributed by atoms with Crippen molar-refractivity contribution in [1.29, 1.82) is 0 Å². The standard InChI is InChI=1S/C27H28N4O2S/c1-20(21-10-5-3-6-11-21)28-25(32)14-9-19-34-27-30-29-26(22-12-7-4-8-13-22)31(27)23-15-17-24(33-2)18-16-23/h3-8,10-13,15-18,20H,9,14,19H2,1-2H3,(H,28,32). The Morgan fingerprint density at radius 3 is 2.32 bits per heavy atom. The van der Waals surface area contributed by atoms with Crippen LogP contribution < -0.4 is 10.1 Å². The van der Waals surface area contributed by atoms with Crippen LogP contribution in [0.25, 0.3) is 17.1 Å². The van der Waals surface area contributed by atoms with Crippen molar-refractivity contribution in [3.63, 3.8) is 0 Å². The van der Waals surface area contributed by atoms with Gasteiger partial charge in [0.1, 0.15) is 5.75 Å². The summed E-state index contributed by atoms with van der Waals surface area (Å²) in [5.74, 6) is 2.39. The van der Waals surface area contributed by atoms with Gasteiger partial charge in [-0.1, -0.05) is 72.4 Å². The van der Waals surface area contributed by atoms with E-state index in [1.54, 1.807) is 18.9 Å². The van der Waals surface area contributed by atoms with E-state index in [1.165, 1.54) is 0 Å². The summed E-state index contributed by atoms with van der Waals surface area (Å²) in [5, 5.41) is 12.8. The third-order valence-corrected chi connectivity index (χ3v) is 6.47. The molecule has 0 fully saturated rings. The van der Waals surface area contributed by atoms with Gasteiger partial charge in [-0.3, -0.25) is 9.36 Å². The fraction of sp³-hybridized carbons (Fsp3) is 0.222. The van der Waals surface area contributed by atoms with E-state index >= 15 is 0 Å². The van der Waals surface area contributed by atoms with Crippen LogP contribution in [0.15, 0.2) is 90.1 Å². The minimum atomic E-state index is -0.00652. The van der Waals surface area contributed by atoms with E-state index in [-0.39, 0.29) is 11.9 Å². The molecule has 0 aliphatic rings. The lowest BCUT2D eigenvalue weighted by atomic mass is 10.1. The molecular formula is C27H28N4O2S. The summed E-state index contributed by atoms with van der Waals surface area (Å²) in [6.45, 7) is 2.00. The number of methoxy groups -OCH3 is 1. The maximum atomic E-state index is 12.4. The summed E-state index contributed by atoms with van der Waals surface area (Å²) >= 11 is 1.60. The van der Waals surface area contributed by atoms with Gasteiger partial charge in [0.15, 0.2) is 11.0 Å². The molecule has 1 amide bonds. The number of nitrogens with one attached hydrogen (secondary N) is 1. The first-order valence-electron chi connectivity index (χ1n) is 11.3. The van der Waals surface area contributed by atoms with E-state index in [0.29, 0.717) is 6.42 Å². The molecular weight excluding hydrogens is 444 g/mol. The molecule has 6 nitrogen and oxygen atoms in total. The lowest BCUT2D eigenvalue weighted by Gasteiger charge is -2.14. The van der Waals surface area contributed by atoms with Gasteiger partial charge in [-0.15, -0.1) is 10.2 Å². The lowest BCUT2D eigenvalue weighted by molar-refractivity contribution is -0.121. The Hall–Kier alpha value is -3.58. The summed E-state index contributed by atoms with van der Waals surface area (Å²) in [5.41, 5.74) is 3.06. The van der Waals surface area contributed by atoms with Gasteiger partial charge in [-0.05, 0) is 43.2 Å². The second kappa shape index (κ2) is 11.5. The van der Waals surface area contributed by atoms with Crippen LogP contribution in [-0.4, -0.2) is 33.5 Å². The van der Waals surface area contributed by atoms with Crippen LogP contribution in [0.1, 0.15) is 31.4 Å². The molecule has 4 aromatic rings. The van der Waals surface area contributed by atoms with Crippen molar-refractivity contribution in [2.45, 2.75) is 31.0 Å². The van der Waals surface area contributed by atoms with Crippen LogP contribution in [0.4, 0.5) is 0 Å². The zero-order valence-corrected chi connectivity index (χ0v) is 20.2.